The topological polar surface area (TPSA) is 42.0 Å². The number of halogens is 3. The third-order valence-corrected chi connectivity index (χ3v) is 4.67. The van der Waals surface area contributed by atoms with Crippen LogP contribution in [0.3, 0.4) is 0 Å². The minimum atomic E-state index is -4.55. The molecule has 2 fully saturated rings. The zero-order chi connectivity index (χ0) is 18.6. The van der Waals surface area contributed by atoms with Gasteiger partial charge in [-0.1, -0.05) is 12.1 Å². The quantitative estimate of drug-likeness (QED) is 0.816. The van der Waals surface area contributed by atoms with Gasteiger partial charge in [0.25, 0.3) is 5.91 Å². The summed E-state index contributed by atoms with van der Waals surface area (Å²) in [6.45, 7) is 4.75. The predicted octanol–water partition coefficient (Wildman–Crippen LogP) is 2.27. The van der Waals surface area contributed by atoms with Crippen LogP contribution in [0, 0.1) is 0 Å². The third-order valence-electron chi connectivity index (χ3n) is 4.67. The van der Waals surface area contributed by atoms with E-state index in [4.69, 9.17) is 9.47 Å². The Balaban J connectivity index is 1.72. The lowest BCUT2D eigenvalue weighted by Gasteiger charge is -2.31. The number of alkyl halides is 3. The number of hydrogen-bond acceptors (Lipinski definition) is 4. The van der Waals surface area contributed by atoms with E-state index in [0.29, 0.717) is 45.9 Å². The molecule has 2 heterocycles. The fourth-order valence-electron chi connectivity index (χ4n) is 3.35. The number of carbonyl (C=O) groups is 1. The second-order valence-corrected chi connectivity index (χ2v) is 6.55. The molecule has 5 nitrogen and oxygen atoms in total. The maximum Gasteiger partial charge on any atom is 0.417 e. The first-order valence-electron chi connectivity index (χ1n) is 8.82. The molecule has 3 rings (SSSR count). The van der Waals surface area contributed by atoms with Gasteiger partial charge in [0.2, 0.25) is 0 Å². The third kappa shape index (κ3) is 4.75. The van der Waals surface area contributed by atoms with Gasteiger partial charge in [0, 0.05) is 39.3 Å². The molecular weight excluding hydrogens is 349 g/mol. The van der Waals surface area contributed by atoms with Gasteiger partial charge in [-0.3, -0.25) is 9.69 Å². The zero-order valence-electron chi connectivity index (χ0n) is 14.5. The van der Waals surface area contributed by atoms with Crippen LogP contribution >= 0.6 is 0 Å². The number of hydrogen-bond donors (Lipinski definition) is 0. The number of ether oxygens (including phenoxy) is 2. The van der Waals surface area contributed by atoms with Crippen molar-refractivity contribution < 1.29 is 27.4 Å². The first-order valence-corrected chi connectivity index (χ1v) is 8.82. The number of carbonyl (C=O) groups excluding carboxylic acids is 1. The highest BCUT2D eigenvalue weighted by molar-refractivity contribution is 5.96. The molecule has 2 aliphatic rings. The van der Waals surface area contributed by atoms with Gasteiger partial charge in [-0.25, -0.2) is 0 Å². The first-order chi connectivity index (χ1) is 12.4. The summed E-state index contributed by atoms with van der Waals surface area (Å²) in [4.78, 5) is 16.5. The Labute approximate surface area is 150 Å². The van der Waals surface area contributed by atoms with Crippen LogP contribution in [0.4, 0.5) is 13.2 Å². The van der Waals surface area contributed by atoms with E-state index in [1.165, 1.54) is 23.1 Å². The predicted molar refractivity (Wildman–Crippen MR) is 89.0 cm³/mol. The Kier molecular flexibility index (Phi) is 6.16. The van der Waals surface area contributed by atoms with Crippen molar-refractivity contribution in [2.24, 2.45) is 0 Å². The maximum absolute atomic E-state index is 13.2. The summed E-state index contributed by atoms with van der Waals surface area (Å²) in [6.07, 6.45) is -4.15. The van der Waals surface area contributed by atoms with Crippen molar-refractivity contribution in [2.75, 3.05) is 52.5 Å². The average Bonchev–Trinajstić information content (AvgIpc) is 2.87. The fraction of sp³-hybridized carbons (Fsp3) is 0.611. The summed E-state index contributed by atoms with van der Waals surface area (Å²) in [5, 5.41) is 0. The van der Waals surface area contributed by atoms with Crippen LogP contribution in [-0.2, 0) is 15.7 Å². The van der Waals surface area contributed by atoms with Gasteiger partial charge in [-0.15, -0.1) is 0 Å². The Morgan fingerprint density at radius 2 is 1.85 bits per heavy atom. The lowest BCUT2D eigenvalue weighted by Crippen LogP contribution is -2.46. The molecule has 0 N–H and O–H groups in total. The Morgan fingerprint density at radius 3 is 2.58 bits per heavy atom. The number of morpholine rings is 1. The molecule has 1 aromatic carbocycles. The van der Waals surface area contributed by atoms with E-state index < -0.39 is 17.6 Å². The van der Waals surface area contributed by atoms with Gasteiger partial charge in [-0.05, 0) is 18.6 Å². The normalized spacial score (nSPS) is 22.9. The number of rotatable bonds is 3. The molecule has 144 valence electrons. The molecule has 1 aromatic rings. The van der Waals surface area contributed by atoms with Gasteiger partial charge < -0.3 is 14.4 Å². The van der Waals surface area contributed by atoms with Gasteiger partial charge in [0.15, 0.2) is 0 Å². The van der Waals surface area contributed by atoms with Crippen molar-refractivity contribution in [3.8, 4) is 0 Å². The van der Waals surface area contributed by atoms with Crippen molar-refractivity contribution in [3.05, 3.63) is 35.4 Å². The first kappa shape index (κ1) is 19.1. The summed E-state index contributed by atoms with van der Waals surface area (Å²) >= 11 is 0. The molecule has 26 heavy (non-hydrogen) atoms. The van der Waals surface area contributed by atoms with E-state index >= 15 is 0 Å². The lowest BCUT2D eigenvalue weighted by molar-refractivity contribution is -0.138. The molecule has 2 aliphatic heterocycles. The SMILES string of the molecule is O=C(c1ccccc1C(F)(F)F)N1CCCO[C@H](CN2CCOCC2)C1. The molecule has 0 saturated carbocycles. The van der Waals surface area contributed by atoms with Crippen LogP contribution in [0.1, 0.15) is 22.3 Å². The van der Waals surface area contributed by atoms with Crippen LogP contribution in [0.2, 0.25) is 0 Å². The Hall–Kier alpha value is -1.64. The molecule has 0 unspecified atom stereocenters. The molecule has 0 bridgehead atoms. The summed E-state index contributed by atoms with van der Waals surface area (Å²) in [6, 6.07) is 4.95. The zero-order valence-corrected chi connectivity index (χ0v) is 14.5. The minimum Gasteiger partial charge on any atom is -0.379 e. The van der Waals surface area contributed by atoms with E-state index in [2.05, 4.69) is 4.90 Å². The molecule has 0 aromatic heterocycles. The standard InChI is InChI=1S/C18H23F3N2O3/c19-18(20,21)16-5-2-1-4-15(16)17(24)23-6-3-9-26-14(13-23)12-22-7-10-25-11-8-22/h1-2,4-5,14H,3,6-13H2/t14-/m1/s1. The monoisotopic (exact) mass is 372 g/mol. The Morgan fingerprint density at radius 1 is 1.12 bits per heavy atom. The van der Waals surface area contributed by atoms with E-state index in [1.807, 2.05) is 0 Å². The minimum absolute atomic E-state index is 0.211. The molecule has 0 spiro atoms. The van der Waals surface area contributed by atoms with Gasteiger partial charge in [-0.2, -0.15) is 13.2 Å². The highest BCUT2D eigenvalue weighted by Crippen LogP contribution is 2.32. The molecule has 8 heteroatoms. The molecule has 1 atom stereocenters. The van der Waals surface area contributed by atoms with Crippen molar-refractivity contribution in [1.29, 1.82) is 0 Å². The molecule has 2 saturated heterocycles. The highest BCUT2D eigenvalue weighted by Gasteiger charge is 2.36. The van der Waals surface area contributed by atoms with Gasteiger partial charge >= 0.3 is 6.18 Å². The van der Waals surface area contributed by atoms with Gasteiger partial charge in [0.1, 0.15) is 0 Å². The molecule has 0 aliphatic carbocycles. The smallest absolute Gasteiger partial charge is 0.379 e. The van der Waals surface area contributed by atoms with Crippen molar-refractivity contribution in [1.82, 2.24) is 9.80 Å². The second kappa shape index (κ2) is 8.37. The molecular formula is C18H23F3N2O3. The summed E-state index contributed by atoms with van der Waals surface area (Å²) in [7, 11) is 0. The number of amides is 1. The van der Waals surface area contributed by atoms with E-state index in [0.717, 1.165) is 19.2 Å². The maximum atomic E-state index is 13.2. The van der Waals surface area contributed by atoms with Crippen LogP contribution in [0.15, 0.2) is 24.3 Å². The summed E-state index contributed by atoms with van der Waals surface area (Å²) in [5.41, 5.74) is -1.19. The second-order valence-electron chi connectivity index (χ2n) is 6.55. The summed E-state index contributed by atoms with van der Waals surface area (Å²) < 4.78 is 50.8. The fourth-order valence-corrected chi connectivity index (χ4v) is 3.35. The largest absolute Gasteiger partial charge is 0.417 e. The van der Waals surface area contributed by atoms with E-state index in [-0.39, 0.29) is 11.7 Å². The Bertz CT molecular complexity index is 618. The van der Waals surface area contributed by atoms with Crippen LogP contribution in [-0.4, -0.2) is 74.4 Å². The van der Waals surface area contributed by atoms with E-state index in [1.54, 1.807) is 0 Å². The average molecular weight is 372 g/mol. The van der Waals surface area contributed by atoms with Crippen LogP contribution in [0.25, 0.3) is 0 Å². The van der Waals surface area contributed by atoms with Gasteiger partial charge in [0.05, 0.1) is 30.4 Å². The van der Waals surface area contributed by atoms with Crippen molar-refractivity contribution in [3.63, 3.8) is 0 Å². The van der Waals surface area contributed by atoms with E-state index in [9.17, 15) is 18.0 Å². The molecule has 0 radical (unpaired) electrons. The lowest BCUT2D eigenvalue weighted by atomic mass is 10.1. The van der Waals surface area contributed by atoms with Crippen LogP contribution in [0.5, 0.6) is 0 Å². The molecule has 1 amide bonds. The number of nitrogens with zero attached hydrogens (tertiary/aromatic N) is 2. The number of benzene rings is 1. The summed E-state index contributed by atoms with van der Waals surface area (Å²) in [5.74, 6) is -0.588. The van der Waals surface area contributed by atoms with Crippen molar-refractivity contribution >= 4 is 5.91 Å². The highest BCUT2D eigenvalue weighted by atomic mass is 19.4. The van der Waals surface area contributed by atoms with Crippen LogP contribution < -0.4 is 0 Å². The van der Waals surface area contributed by atoms with Crippen molar-refractivity contribution in [2.45, 2.75) is 18.7 Å².